The summed E-state index contributed by atoms with van der Waals surface area (Å²) in [4.78, 5) is 19.7. The normalized spacial score (nSPS) is 30.0. The summed E-state index contributed by atoms with van der Waals surface area (Å²) in [5.74, 6) is 0.714. The fraction of sp³-hybridized carbons (Fsp3) is 0.545. The molecule has 148 valence electrons. The smallest absolute Gasteiger partial charge is 0.269 e. The minimum absolute atomic E-state index is 0.218. The van der Waals surface area contributed by atoms with E-state index in [9.17, 15) is 9.18 Å². The fourth-order valence-corrected chi connectivity index (χ4v) is 5.57. The van der Waals surface area contributed by atoms with Crippen molar-refractivity contribution in [3.63, 3.8) is 0 Å². The van der Waals surface area contributed by atoms with Crippen LogP contribution in [0.4, 0.5) is 4.39 Å². The highest BCUT2D eigenvalue weighted by atomic mass is 19.1. The molecule has 3 aliphatic rings. The minimum atomic E-state index is -0.394. The van der Waals surface area contributed by atoms with Crippen LogP contribution in [0.1, 0.15) is 36.2 Å². The molecule has 2 bridgehead atoms. The van der Waals surface area contributed by atoms with Crippen molar-refractivity contribution in [2.75, 3.05) is 26.2 Å². The lowest BCUT2D eigenvalue weighted by Crippen LogP contribution is -2.65. The molecule has 2 aromatic rings. The first-order valence-corrected chi connectivity index (χ1v) is 10.5. The number of hydrogen-bond donors (Lipinski definition) is 2. The molecule has 4 heterocycles. The molecule has 3 saturated heterocycles. The van der Waals surface area contributed by atoms with E-state index in [-0.39, 0.29) is 17.1 Å². The molecule has 2 N–H and O–H groups in total. The molecule has 0 radical (unpaired) electrons. The van der Waals surface area contributed by atoms with Gasteiger partial charge in [-0.3, -0.25) is 9.69 Å². The van der Waals surface area contributed by atoms with Gasteiger partial charge in [0, 0.05) is 24.0 Å². The Morgan fingerprint density at radius 3 is 3.04 bits per heavy atom. The van der Waals surface area contributed by atoms with Gasteiger partial charge in [-0.05, 0) is 62.9 Å². The zero-order valence-electron chi connectivity index (χ0n) is 16.0. The summed E-state index contributed by atoms with van der Waals surface area (Å²) in [6.07, 6.45) is 5.09. The molecule has 1 aromatic carbocycles. The van der Waals surface area contributed by atoms with Crippen LogP contribution in [0.2, 0.25) is 0 Å². The van der Waals surface area contributed by atoms with Crippen molar-refractivity contribution in [1.82, 2.24) is 20.5 Å². The maximum atomic E-state index is 14.0. The van der Waals surface area contributed by atoms with Gasteiger partial charge in [0.05, 0.1) is 0 Å². The highest BCUT2D eigenvalue weighted by Crippen LogP contribution is 2.38. The molecule has 3 aliphatic heterocycles. The number of aromatic nitrogens is 1. The van der Waals surface area contributed by atoms with Gasteiger partial charge in [-0.1, -0.05) is 24.6 Å². The van der Waals surface area contributed by atoms with Crippen molar-refractivity contribution in [2.24, 2.45) is 11.8 Å². The van der Waals surface area contributed by atoms with Crippen molar-refractivity contribution in [3.05, 3.63) is 41.8 Å². The van der Waals surface area contributed by atoms with Gasteiger partial charge < -0.3 is 10.6 Å². The average Bonchev–Trinajstić information content (AvgIpc) is 2.74. The molecule has 6 heteroatoms. The van der Waals surface area contributed by atoms with Crippen molar-refractivity contribution >= 4 is 16.8 Å². The van der Waals surface area contributed by atoms with Crippen molar-refractivity contribution in [2.45, 2.75) is 37.8 Å². The van der Waals surface area contributed by atoms with Gasteiger partial charge in [0.15, 0.2) is 0 Å². The second kappa shape index (κ2) is 7.41. The quantitative estimate of drug-likeness (QED) is 0.857. The van der Waals surface area contributed by atoms with Gasteiger partial charge in [-0.2, -0.15) is 0 Å². The predicted molar refractivity (Wildman–Crippen MR) is 107 cm³/mol. The number of halogens is 1. The average molecular weight is 382 g/mol. The maximum absolute atomic E-state index is 14.0. The SMILES string of the molecule is O=C(NC[C@H]1[C@@H]2CNC[C@@H](C2)[C@@H]2CCCCN21)c1ccc2cccc(F)c2n1. The maximum Gasteiger partial charge on any atom is 0.269 e. The van der Waals surface area contributed by atoms with Crippen molar-refractivity contribution < 1.29 is 9.18 Å². The van der Waals surface area contributed by atoms with Gasteiger partial charge in [-0.25, -0.2) is 9.37 Å². The van der Waals surface area contributed by atoms with Crippen LogP contribution in [-0.2, 0) is 0 Å². The molecule has 0 saturated carbocycles. The molecule has 5 rings (SSSR count). The Labute approximate surface area is 164 Å². The number of nitrogens with one attached hydrogen (secondary N) is 2. The Morgan fingerprint density at radius 1 is 1.21 bits per heavy atom. The van der Waals surface area contributed by atoms with E-state index in [2.05, 4.69) is 20.5 Å². The van der Waals surface area contributed by atoms with Crippen LogP contribution in [0.5, 0.6) is 0 Å². The van der Waals surface area contributed by atoms with E-state index in [1.165, 1.54) is 31.7 Å². The summed E-state index contributed by atoms with van der Waals surface area (Å²) in [7, 11) is 0. The summed E-state index contributed by atoms with van der Waals surface area (Å²) < 4.78 is 14.0. The van der Waals surface area contributed by atoms with Crippen LogP contribution in [0, 0.1) is 17.7 Å². The van der Waals surface area contributed by atoms with Crippen LogP contribution < -0.4 is 10.6 Å². The standard InChI is InChI=1S/C22H27FN4O/c23-17-5-3-4-14-7-8-18(26-21(14)17)22(28)25-13-20-16-10-15(11-24-12-16)19-6-1-2-9-27(19)20/h3-5,7-8,15-16,19-20,24H,1-2,6,9-13H2,(H,25,28)/t15-,16+,19+,20+/m1/s1. The third-order valence-electron chi connectivity index (χ3n) is 6.90. The molecule has 0 aliphatic carbocycles. The third-order valence-corrected chi connectivity index (χ3v) is 6.90. The Kier molecular flexibility index (Phi) is 4.77. The number of fused-ring (bicyclic) bond motifs is 5. The van der Waals surface area contributed by atoms with Gasteiger partial charge in [0.1, 0.15) is 17.0 Å². The van der Waals surface area contributed by atoms with Crippen LogP contribution in [0.25, 0.3) is 10.9 Å². The Hall–Kier alpha value is -2.05. The summed E-state index contributed by atoms with van der Waals surface area (Å²) in [6.45, 7) is 3.92. The van der Waals surface area contributed by atoms with Gasteiger partial charge in [0.2, 0.25) is 0 Å². The zero-order chi connectivity index (χ0) is 19.1. The molecule has 0 unspecified atom stereocenters. The van der Waals surface area contributed by atoms with Crippen LogP contribution in [-0.4, -0.2) is 54.1 Å². The number of pyridine rings is 1. The lowest BCUT2D eigenvalue weighted by molar-refractivity contribution is -0.0371. The predicted octanol–water partition coefficient (Wildman–Crippen LogP) is 2.57. The number of amides is 1. The highest BCUT2D eigenvalue weighted by molar-refractivity contribution is 5.94. The largest absolute Gasteiger partial charge is 0.349 e. The molecule has 5 nitrogen and oxygen atoms in total. The van der Waals surface area contributed by atoms with Crippen molar-refractivity contribution in [3.8, 4) is 0 Å². The molecular formula is C22H27FN4O. The highest BCUT2D eigenvalue weighted by Gasteiger charge is 2.45. The first-order chi connectivity index (χ1) is 13.7. The van der Waals surface area contributed by atoms with Gasteiger partial charge >= 0.3 is 0 Å². The van der Waals surface area contributed by atoms with E-state index in [1.807, 2.05) is 0 Å². The van der Waals surface area contributed by atoms with E-state index >= 15 is 0 Å². The summed E-state index contributed by atoms with van der Waals surface area (Å²) in [6, 6.07) is 9.29. The van der Waals surface area contributed by atoms with Gasteiger partial charge in [0.25, 0.3) is 5.91 Å². The van der Waals surface area contributed by atoms with Crippen LogP contribution in [0.3, 0.4) is 0 Å². The Balaban J connectivity index is 1.32. The fourth-order valence-electron chi connectivity index (χ4n) is 5.57. The summed E-state index contributed by atoms with van der Waals surface area (Å²) in [5.41, 5.74) is 0.534. The molecule has 1 amide bonds. The molecule has 28 heavy (non-hydrogen) atoms. The minimum Gasteiger partial charge on any atom is -0.349 e. The molecule has 1 aromatic heterocycles. The number of hydrogen-bond acceptors (Lipinski definition) is 4. The number of rotatable bonds is 3. The van der Waals surface area contributed by atoms with E-state index < -0.39 is 5.82 Å². The number of piperidine rings is 3. The number of para-hydroxylation sites is 1. The number of carbonyl (C=O) groups is 1. The van der Waals surface area contributed by atoms with Crippen molar-refractivity contribution in [1.29, 1.82) is 0 Å². The summed E-state index contributed by atoms with van der Waals surface area (Å²) in [5, 5.41) is 7.41. The molecule has 0 spiro atoms. The molecule has 4 atom stereocenters. The van der Waals surface area contributed by atoms with E-state index in [4.69, 9.17) is 0 Å². The Bertz CT molecular complexity index is 888. The first kappa shape index (κ1) is 18.0. The topological polar surface area (TPSA) is 57.3 Å². The Morgan fingerprint density at radius 2 is 2.11 bits per heavy atom. The molecule has 3 fully saturated rings. The second-order valence-electron chi connectivity index (χ2n) is 8.50. The summed E-state index contributed by atoms with van der Waals surface area (Å²) >= 11 is 0. The van der Waals surface area contributed by atoms with E-state index in [0.717, 1.165) is 25.6 Å². The number of benzene rings is 1. The monoisotopic (exact) mass is 382 g/mol. The zero-order valence-corrected chi connectivity index (χ0v) is 16.0. The third kappa shape index (κ3) is 3.18. The van der Waals surface area contributed by atoms with Crippen LogP contribution >= 0.6 is 0 Å². The molecular weight excluding hydrogens is 355 g/mol. The van der Waals surface area contributed by atoms with Crippen LogP contribution in [0.15, 0.2) is 30.3 Å². The number of carbonyl (C=O) groups excluding carboxylic acids is 1. The second-order valence-corrected chi connectivity index (χ2v) is 8.50. The number of nitrogens with zero attached hydrogens (tertiary/aromatic N) is 2. The first-order valence-electron chi connectivity index (χ1n) is 10.5. The van der Waals surface area contributed by atoms with E-state index in [1.54, 1.807) is 24.3 Å². The van der Waals surface area contributed by atoms with Gasteiger partial charge in [-0.15, -0.1) is 0 Å². The lowest BCUT2D eigenvalue weighted by atomic mass is 9.73. The lowest BCUT2D eigenvalue weighted by Gasteiger charge is -2.55. The van der Waals surface area contributed by atoms with E-state index in [0.29, 0.717) is 29.9 Å².